The predicted octanol–water partition coefficient (Wildman–Crippen LogP) is 3.26. The molecule has 28 heavy (non-hydrogen) atoms. The molecule has 0 bridgehead atoms. The van der Waals surface area contributed by atoms with Crippen LogP contribution < -0.4 is 5.32 Å². The van der Waals surface area contributed by atoms with Crippen molar-refractivity contribution in [2.45, 2.75) is 11.8 Å². The number of nitro benzene ring substituents is 1. The first-order valence-electron chi connectivity index (χ1n) is 7.87. The van der Waals surface area contributed by atoms with Gasteiger partial charge in [0.15, 0.2) is 0 Å². The summed E-state index contributed by atoms with van der Waals surface area (Å²) in [5, 5.41) is 24.2. The van der Waals surface area contributed by atoms with Crippen molar-refractivity contribution in [3.8, 4) is 5.75 Å². The number of nitro groups is 1. The highest BCUT2D eigenvalue weighted by Crippen LogP contribution is 2.34. The lowest BCUT2D eigenvalue weighted by molar-refractivity contribution is -0.385. The van der Waals surface area contributed by atoms with E-state index in [9.17, 15) is 28.4 Å². The number of rotatable bonds is 4. The predicted molar refractivity (Wildman–Crippen MR) is 101 cm³/mol. The van der Waals surface area contributed by atoms with Crippen LogP contribution in [0.5, 0.6) is 5.75 Å². The first kappa shape index (κ1) is 19.3. The Bertz CT molecular complexity index is 1240. The molecule has 0 saturated heterocycles. The molecule has 10 heteroatoms. The number of phenols is 1. The number of nitrogens with zero attached hydrogens (tertiary/aromatic N) is 1. The number of benzene rings is 3. The van der Waals surface area contributed by atoms with Gasteiger partial charge in [-0.05, 0) is 30.5 Å². The van der Waals surface area contributed by atoms with E-state index in [1.807, 2.05) is 0 Å². The molecule has 0 saturated carbocycles. The summed E-state index contributed by atoms with van der Waals surface area (Å²) in [6.07, 6.45) is 0. The van der Waals surface area contributed by atoms with Crippen LogP contribution in [0.25, 0.3) is 10.8 Å². The molecule has 144 valence electrons. The molecule has 3 aromatic carbocycles. The molecule has 1 amide bonds. The average molecular weight is 402 g/mol. The lowest BCUT2D eigenvalue weighted by Crippen LogP contribution is -2.12. The SMILES string of the molecule is Cc1ccc(C(=O)Nc2cccc3cc(S(=O)(=O)O)cc(O)c23)cc1[N+](=O)[O-]. The van der Waals surface area contributed by atoms with E-state index in [2.05, 4.69) is 5.32 Å². The molecule has 0 fully saturated rings. The van der Waals surface area contributed by atoms with Crippen molar-refractivity contribution in [1.29, 1.82) is 0 Å². The maximum atomic E-state index is 12.5. The third-order valence-corrected chi connectivity index (χ3v) is 4.98. The molecule has 0 aliphatic rings. The number of hydrogen-bond acceptors (Lipinski definition) is 6. The van der Waals surface area contributed by atoms with Gasteiger partial charge < -0.3 is 10.4 Å². The second-order valence-electron chi connectivity index (χ2n) is 6.03. The summed E-state index contributed by atoms with van der Waals surface area (Å²) in [6.45, 7) is 1.55. The first-order chi connectivity index (χ1) is 13.1. The maximum absolute atomic E-state index is 12.5. The average Bonchev–Trinajstić information content (AvgIpc) is 2.60. The second-order valence-corrected chi connectivity index (χ2v) is 7.46. The molecule has 3 N–H and O–H groups in total. The van der Waals surface area contributed by atoms with Gasteiger partial charge in [-0.25, -0.2) is 0 Å². The number of hydrogen-bond donors (Lipinski definition) is 3. The van der Waals surface area contributed by atoms with Crippen molar-refractivity contribution < 1.29 is 27.8 Å². The zero-order valence-corrected chi connectivity index (χ0v) is 15.2. The lowest BCUT2D eigenvalue weighted by Gasteiger charge is -2.11. The quantitative estimate of drug-likeness (QED) is 0.345. The van der Waals surface area contributed by atoms with Crippen LogP contribution in [0.1, 0.15) is 15.9 Å². The van der Waals surface area contributed by atoms with Crippen molar-refractivity contribution >= 4 is 38.2 Å². The summed E-state index contributed by atoms with van der Waals surface area (Å²) in [5.41, 5.74) is 0.418. The van der Waals surface area contributed by atoms with Gasteiger partial charge in [-0.3, -0.25) is 19.5 Å². The Morgan fingerprint density at radius 2 is 1.86 bits per heavy atom. The molecule has 0 aromatic heterocycles. The molecule has 3 aromatic rings. The molecule has 9 nitrogen and oxygen atoms in total. The van der Waals surface area contributed by atoms with Gasteiger partial charge in [-0.2, -0.15) is 8.42 Å². The standard InChI is InChI=1S/C18H14N2O7S/c1-10-5-6-12(8-15(10)20(23)24)18(22)19-14-4-2-3-11-7-13(28(25,26)27)9-16(21)17(11)14/h2-9,21H,1H3,(H,19,22)(H,25,26,27). The van der Waals surface area contributed by atoms with Crippen LogP contribution >= 0.6 is 0 Å². The van der Waals surface area contributed by atoms with E-state index in [1.54, 1.807) is 6.92 Å². The number of amides is 1. The monoisotopic (exact) mass is 402 g/mol. The van der Waals surface area contributed by atoms with E-state index in [1.165, 1.54) is 30.3 Å². The van der Waals surface area contributed by atoms with Crippen molar-refractivity contribution in [2.24, 2.45) is 0 Å². The zero-order chi connectivity index (χ0) is 20.6. The van der Waals surface area contributed by atoms with Crippen LogP contribution in [0, 0.1) is 17.0 Å². The molecule has 0 spiro atoms. The van der Waals surface area contributed by atoms with Crippen LogP contribution in [0.3, 0.4) is 0 Å². The molecular weight excluding hydrogens is 388 g/mol. The largest absolute Gasteiger partial charge is 0.507 e. The van der Waals surface area contributed by atoms with E-state index in [4.69, 9.17) is 4.55 Å². The molecule has 0 aliphatic heterocycles. The summed E-state index contributed by atoms with van der Waals surface area (Å²) < 4.78 is 31.8. The van der Waals surface area contributed by atoms with Crippen LogP contribution in [0.2, 0.25) is 0 Å². The number of carbonyl (C=O) groups excluding carboxylic acids is 1. The molecular formula is C18H14N2O7S. The van der Waals surface area contributed by atoms with Gasteiger partial charge >= 0.3 is 0 Å². The van der Waals surface area contributed by atoms with Crippen LogP contribution in [0.4, 0.5) is 11.4 Å². The second kappa shape index (κ2) is 6.91. The third kappa shape index (κ3) is 3.63. The van der Waals surface area contributed by atoms with Gasteiger partial charge in [0.05, 0.1) is 15.5 Å². The number of fused-ring (bicyclic) bond motifs is 1. The minimum Gasteiger partial charge on any atom is -0.507 e. The highest BCUT2D eigenvalue weighted by molar-refractivity contribution is 7.85. The fourth-order valence-electron chi connectivity index (χ4n) is 2.77. The number of nitrogens with one attached hydrogen (secondary N) is 1. The Morgan fingerprint density at radius 1 is 1.14 bits per heavy atom. The summed E-state index contributed by atoms with van der Waals surface area (Å²) in [5.74, 6) is -1.11. The Balaban J connectivity index is 2.04. The van der Waals surface area contributed by atoms with Crippen molar-refractivity contribution in [1.82, 2.24) is 0 Å². The number of carbonyl (C=O) groups is 1. The van der Waals surface area contributed by atoms with E-state index >= 15 is 0 Å². The normalized spacial score (nSPS) is 11.4. The maximum Gasteiger partial charge on any atom is 0.294 e. The minimum atomic E-state index is -4.52. The highest BCUT2D eigenvalue weighted by Gasteiger charge is 2.18. The Kier molecular flexibility index (Phi) is 4.75. The fraction of sp³-hybridized carbons (Fsp3) is 0.0556. The van der Waals surface area contributed by atoms with Gasteiger partial charge in [0.25, 0.3) is 21.7 Å². The fourth-order valence-corrected chi connectivity index (χ4v) is 3.31. The zero-order valence-electron chi connectivity index (χ0n) is 14.4. The smallest absolute Gasteiger partial charge is 0.294 e. The van der Waals surface area contributed by atoms with E-state index in [-0.39, 0.29) is 27.7 Å². The number of phenolic OH excluding ortho intramolecular Hbond substituents is 1. The van der Waals surface area contributed by atoms with E-state index in [0.717, 1.165) is 18.2 Å². The van der Waals surface area contributed by atoms with Gasteiger partial charge in [0.2, 0.25) is 0 Å². The van der Waals surface area contributed by atoms with Crippen molar-refractivity contribution in [3.63, 3.8) is 0 Å². The highest BCUT2D eigenvalue weighted by atomic mass is 32.2. The minimum absolute atomic E-state index is 0.0448. The van der Waals surface area contributed by atoms with E-state index in [0.29, 0.717) is 5.56 Å². The lowest BCUT2D eigenvalue weighted by atomic mass is 10.1. The number of aromatic hydroxyl groups is 1. The van der Waals surface area contributed by atoms with Crippen LogP contribution in [0.15, 0.2) is 53.4 Å². The molecule has 0 heterocycles. The van der Waals surface area contributed by atoms with Crippen molar-refractivity contribution in [2.75, 3.05) is 5.32 Å². The molecule has 0 unspecified atom stereocenters. The Hall–Kier alpha value is -3.50. The summed E-state index contributed by atoms with van der Waals surface area (Å²) in [6, 6.07) is 10.5. The van der Waals surface area contributed by atoms with Crippen LogP contribution in [-0.2, 0) is 10.1 Å². The summed E-state index contributed by atoms with van der Waals surface area (Å²) in [4.78, 5) is 22.5. The third-order valence-electron chi connectivity index (χ3n) is 4.14. The van der Waals surface area contributed by atoms with E-state index < -0.39 is 31.6 Å². The van der Waals surface area contributed by atoms with Gasteiger partial charge in [0, 0.05) is 28.6 Å². The van der Waals surface area contributed by atoms with Gasteiger partial charge in [-0.15, -0.1) is 0 Å². The van der Waals surface area contributed by atoms with Crippen LogP contribution in [-0.4, -0.2) is 28.9 Å². The van der Waals surface area contributed by atoms with Crippen molar-refractivity contribution in [3.05, 3.63) is 69.8 Å². The number of anilines is 1. The Morgan fingerprint density at radius 3 is 2.50 bits per heavy atom. The number of aryl methyl sites for hydroxylation is 1. The Labute approximate surface area is 159 Å². The summed E-state index contributed by atoms with van der Waals surface area (Å²) in [7, 11) is -4.52. The van der Waals surface area contributed by atoms with Gasteiger partial charge in [-0.1, -0.05) is 18.2 Å². The first-order valence-corrected chi connectivity index (χ1v) is 9.31. The summed E-state index contributed by atoms with van der Waals surface area (Å²) >= 11 is 0. The molecule has 0 radical (unpaired) electrons. The van der Waals surface area contributed by atoms with Gasteiger partial charge in [0.1, 0.15) is 5.75 Å². The molecule has 3 rings (SSSR count). The molecule has 0 atom stereocenters. The topological polar surface area (TPSA) is 147 Å². The molecule has 0 aliphatic carbocycles.